The zero-order valence-corrected chi connectivity index (χ0v) is 12.3. The lowest BCUT2D eigenvalue weighted by Gasteiger charge is -1.94. The fourth-order valence-corrected chi connectivity index (χ4v) is 1.81. The van der Waals surface area contributed by atoms with Crippen LogP contribution in [0.25, 0.3) is 0 Å². The van der Waals surface area contributed by atoms with E-state index in [4.69, 9.17) is 23.2 Å². The summed E-state index contributed by atoms with van der Waals surface area (Å²) in [5, 5.41) is 1.46. The average Bonchev–Trinajstić information content (AvgIpc) is 2.46. The highest BCUT2D eigenvalue weighted by Gasteiger charge is 1.89. The molecule has 0 amide bonds. The molecule has 0 aromatic heterocycles. The standard InChI is InChI=1S/C16H14Cl2N2/c17-15-5-1-13(2-6-15)11-19-9-10-20-12-14-3-7-16(18)8-4-14/h1-8,11-12H,9-10H2/b19-11+,20-12+. The molecule has 0 aliphatic rings. The topological polar surface area (TPSA) is 24.7 Å². The van der Waals surface area contributed by atoms with Crippen LogP contribution in [0.5, 0.6) is 0 Å². The predicted octanol–water partition coefficient (Wildman–Crippen LogP) is 4.53. The molecule has 0 spiro atoms. The smallest absolute Gasteiger partial charge is 0.0585 e. The highest BCUT2D eigenvalue weighted by atomic mass is 35.5. The summed E-state index contributed by atoms with van der Waals surface area (Å²) in [6.07, 6.45) is 3.66. The molecule has 0 radical (unpaired) electrons. The number of aliphatic imine (C=N–C) groups is 2. The zero-order chi connectivity index (χ0) is 14.2. The van der Waals surface area contributed by atoms with Crippen molar-refractivity contribution in [3.05, 3.63) is 69.7 Å². The van der Waals surface area contributed by atoms with Gasteiger partial charge in [0.05, 0.1) is 13.1 Å². The van der Waals surface area contributed by atoms with Crippen molar-refractivity contribution < 1.29 is 0 Å². The monoisotopic (exact) mass is 304 g/mol. The first-order valence-corrected chi connectivity index (χ1v) is 7.00. The van der Waals surface area contributed by atoms with Crippen LogP contribution in [0.15, 0.2) is 58.5 Å². The molecule has 0 saturated heterocycles. The summed E-state index contributed by atoms with van der Waals surface area (Å²) in [6.45, 7) is 1.32. The van der Waals surface area contributed by atoms with Gasteiger partial charge in [-0.05, 0) is 35.4 Å². The van der Waals surface area contributed by atoms with Crippen molar-refractivity contribution in [3.63, 3.8) is 0 Å². The van der Waals surface area contributed by atoms with Crippen molar-refractivity contribution in [3.8, 4) is 0 Å². The summed E-state index contributed by atoms with van der Waals surface area (Å²) >= 11 is 11.6. The van der Waals surface area contributed by atoms with E-state index in [-0.39, 0.29) is 0 Å². The molecule has 4 heteroatoms. The quantitative estimate of drug-likeness (QED) is 0.573. The lowest BCUT2D eigenvalue weighted by atomic mass is 10.2. The summed E-state index contributed by atoms with van der Waals surface area (Å²) in [5.74, 6) is 0. The van der Waals surface area contributed by atoms with Crippen LogP contribution in [0.2, 0.25) is 10.0 Å². The average molecular weight is 305 g/mol. The molecule has 2 aromatic carbocycles. The second-order valence-electron chi connectivity index (χ2n) is 4.17. The highest BCUT2D eigenvalue weighted by molar-refractivity contribution is 6.30. The van der Waals surface area contributed by atoms with Crippen LogP contribution < -0.4 is 0 Å². The van der Waals surface area contributed by atoms with Crippen LogP contribution in [0.1, 0.15) is 11.1 Å². The molecule has 0 heterocycles. The third-order valence-corrected chi connectivity index (χ3v) is 3.08. The zero-order valence-electron chi connectivity index (χ0n) is 10.8. The van der Waals surface area contributed by atoms with Crippen LogP contribution in [0, 0.1) is 0 Å². The predicted molar refractivity (Wildman–Crippen MR) is 87.8 cm³/mol. The van der Waals surface area contributed by atoms with Crippen molar-refractivity contribution >= 4 is 35.6 Å². The summed E-state index contributed by atoms with van der Waals surface area (Å²) in [7, 11) is 0. The first kappa shape index (κ1) is 14.8. The lowest BCUT2D eigenvalue weighted by Crippen LogP contribution is -1.90. The first-order chi connectivity index (χ1) is 9.74. The van der Waals surface area contributed by atoms with E-state index < -0.39 is 0 Å². The second-order valence-corrected chi connectivity index (χ2v) is 5.05. The van der Waals surface area contributed by atoms with Gasteiger partial charge in [-0.1, -0.05) is 47.5 Å². The maximum Gasteiger partial charge on any atom is 0.0585 e. The van der Waals surface area contributed by atoms with Crippen molar-refractivity contribution in [2.75, 3.05) is 13.1 Å². The Labute approximate surface area is 128 Å². The van der Waals surface area contributed by atoms with Crippen molar-refractivity contribution in [2.24, 2.45) is 9.98 Å². The van der Waals surface area contributed by atoms with Crippen LogP contribution >= 0.6 is 23.2 Å². The van der Waals surface area contributed by atoms with Crippen LogP contribution in [-0.4, -0.2) is 25.5 Å². The Morgan fingerprint density at radius 1 is 0.650 bits per heavy atom. The molecule has 2 rings (SSSR count). The fraction of sp³-hybridized carbons (Fsp3) is 0.125. The minimum absolute atomic E-state index is 0.659. The van der Waals surface area contributed by atoms with E-state index in [1.54, 1.807) is 0 Å². The molecule has 0 aliphatic carbocycles. The molecule has 0 aliphatic heterocycles. The fourth-order valence-electron chi connectivity index (χ4n) is 1.55. The van der Waals surface area contributed by atoms with Crippen LogP contribution in [-0.2, 0) is 0 Å². The molecule has 0 unspecified atom stereocenters. The van der Waals surface area contributed by atoms with Gasteiger partial charge in [0.25, 0.3) is 0 Å². The van der Waals surface area contributed by atoms with Gasteiger partial charge in [0.1, 0.15) is 0 Å². The number of nitrogens with zero attached hydrogens (tertiary/aromatic N) is 2. The molecular formula is C16H14Cl2N2. The van der Waals surface area contributed by atoms with Gasteiger partial charge in [-0.25, -0.2) is 0 Å². The van der Waals surface area contributed by atoms with Gasteiger partial charge in [0.2, 0.25) is 0 Å². The van der Waals surface area contributed by atoms with Crippen molar-refractivity contribution in [1.82, 2.24) is 0 Å². The molecule has 0 saturated carbocycles. The third-order valence-electron chi connectivity index (χ3n) is 2.58. The molecule has 2 nitrogen and oxygen atoms in total. The maximum atomic E-state index is 5.81. The molecule has 0 atom stereocenters. The van der Waals surface area contributed by atoms with Gasteiger partial charge in [-0.15, -0.1) is 0 Å². The largest absolute Gasteiger partial charge is 0.291 e. The van der Waals surface area contributed by atoms with Crippen LogP contribution in [0.3, 0.4) is 0 Å². The third kappa shape index (κ3) is 5.16. The number of benzene rings is 2. The molecule has 0 fully saturated rings. The van der Waals surface area contributed by atoms with E-state index >= 15 is 0 Å². The highest BCUT2D eigenvalue weighted by Crippen LogP contribution is 2.08. The molecule has 0 bridgehead atoms. The van der Waals surface area contributed by atoms with Gasteiger partial charge >= 0.3 is 0 Å². The Hall–Kier alpha value is -1.64. The Balaban J connectivity index is 1.76. The minimum Gasteiger partial charge on any atom is -0.291 e. The maximum absolute atomic E-state index is 5.81. The lowest BCUT2D eigenvalue weighted by molar-refractivity contribution is 0.985. The summed E-state index contributed by atoms with van der Waals surface area (Å²) < 4.78 is 0. The van der Waals surface area contributed by atoms with E-state index in [2.05, 4.69) is 9.98 Å². The summed E-state index contributed by atoms with van der Waals surface area (Å²) in [5.41, 5.74) is 2.08. The van der Waals surface area contributed by atoms with Gasteiger partial charge in [0, 0.05) is 22.5 Å². The molecule has 0 N–H and O–H groups in total. The molecule has 102 valence electrons. The number of hydrogen-bond acceptors (Lipinski definition) is 2. The number of hydrogen-bond donors (Lipinski definition) is 0. The van der Waals surface area contributed by atoms with Gasteiger partial charge in [0.15, 0.2) is 0 Å². The molecule has 2 aromatic rings. The number of rotatable bonds is 5. The van der Waals surface area contributed by atoms with Gasteiger partial charge in [-0.3, -0.25) is 9.98 Å². The molecular weight excluding hydrogens is 291 g/mol. The first-order valence-electron chi connectivity index (χ1n) is 6.25. The Morgan fingerprint density at radius 3 is 1.35 bits per heavy atom. The molecule has 20 heavy (non-hydrogen) atoms. The van der Waals surface area contributed by atoms with Gasteiger partial charge < -0.3 is 0 Å². The normalized spacial score (nSPS) is 11.5. The van der Waals surface area contributed by atoms with E-state index in [1.165, 1.54) is 0 Å². The Morgan fingerprint density at radius 2 is 1.00 bits per heavy atom. The SMILES string of the molecule is Clc1ccc(/C=N/CC/N=C/c2ccc(Cl)cc2)cc1. The van der Waals surface area contributed by atoms with Gasteiger partial charge in [-0.2, -0.15) is 0 Å². The van der Waals surface area contributed by atoms with E-state index in [0.29, 0.717) is 13.1 Å². The van der Waals surface area contributed by atoms with E-state index in [0.717, 1.165) is 21.2 Å². The van der Waals surface area contributed by atoms with E-state index in [9.17, 15) is 0 Å². The number of halogens is 2. The van der Waals surface area contributed by atoms with Crippen molar-refractivity contribution in [1.29, 1.82) is 0 Å². The van der Waals surface area contributed by atoms with E-state index in [1.807, 2.05) is 61.0 Å². The Bertz CT molecular complexity index is 531. The summed E-state index contributed by atoms with van der Waals surface area (Å²) in [4.78, 5) is 8.63. The Kier molecular flexibility index (Phi) is 5.78. The van der Waals surface area contributed by atoms with Crippen LogP contribution in [0.4, 0.5) is 0 Å². The summed E-state index contributed by atoms with van der Waals surface area (Å²) in [6, 6.07) is 15.1. The second kappa shape index (κ2) is 7.83. The minimum atomic E-state index is 0.659. The van der Waals surface area contributed by atoms with Crippen molar-refractivity contribution in [2.45, 2.75) is 0 Å².